The number of hydrogen-bond acceptors (Lipinski definition) is 2. The smallest absolute Gasteiger partial charge is 0.220 e. The van der Waals surface area contributed by atoms with E-state index in [1.165, 1.54) is 11.1 Å². The van der Waals surface area contributed by atoms with Gasteiger partial charge in [-0.05, 0) is 43.5 Å². The molecule has 0 bridgehead atoms. The Morgan fingerprint density at radius 3 is 2.50 bits per heavy atom. The first-order valence-corrected chi connectivity index (χ1v) is 7.66. The van der Waals surface area contributed by atoms with Crippen LogP contribution in [0, 0.1) is 13.8 Å². The number of carbonyl (C=O) groups excluding carboxylic acids is 1. The summed E-state index contributed by atoms with van der Waals surface area (Å²) < 4.78 is 5.61. The maximum atomic E-state index is 11.8. The highest BCUT2D eigenvalue weighted by Gasteiger charge is 2.03. The molecule has 0 aliphatic rings. The number of amides is 1. The highest BCUT2D eigenvalue weighted by Crippen LogP contribution is 2.12. The van der Waals surface area contributed by atoms with E-state index in [9.17, 15) is 4.79 Å². The molecule has 2 rings (SSSR count). The van der Waals surface area contributed by atoms with Crippen molar-refractivity contribution in [2.75, 3.05) is 6.61 Å². The lowest BCUT2D eigenvalue weighted by Crippen LogP contribution is -2.23. The molecule has 0 aliphatic carbocycles. The van der Waals surface area contributed by atoms with Gasteiger partial charge in [-0.15, -0.1) is 0 Å². The quantitative estimate of drug-likeness (QED) is 0.790. The molecule has 0 saturated heterocycles. The van der Waals surface area contributed by atoms with Crippen LogP contribution in [0.4, 0.5) is 0 Å². The molecule has 0 spiro atoms. The van der Waals surface area contributed by atoms with Crippen molar-refractivity contribution in [2.45, 2.75) is 33.2 Å². The minimum Gasteiger partial charge on any atom is -0.494 e. The van der Waals surface area contributed by atoms with E-state index in [2.05, 4.69) is 18.3 Å². The highest BCUT2D eigenvalue weighted by atomic mass is 16.5. The summed E-state index contributed by atoms with van der Waals surface area (Å²) in [7, 11) is 0. The molecule has 0 atom stereocenters. The number of benzene rings is 2. The largest absolute Gasteiger partial charge is 0.494 e. The second kappa shape index (κ2) is 8.23. The molecule has 0 saturated carbocycles. The fraction of sp³-hybridized carbons (Fsp3) is 0.316. The summed E-state index contributed by atoms with van der Waals surface area (Å²) in [4.78, 5) is 11.8. The predicted molar refractivity (Wildman–Crippen MR) is 88.9 cm³/mol. The summed E-state index contributed by atoms with van der Waals surface area (Å²) in [5.74, 6) is 0.918. The Labute approximate surface area is 132 Å². The van der Waals surface area contributed by atoms with Crippen LogP contribution in [-0.4, -0.2) is 12.5 Å². The molecule has 3 heteroatoms. The van der Waals surface area contributed by atoms with E-state index in [4.69, 9.17) is 4.74 Å². The number of hydrogen-bond donors (Lipinski definition) is 1. The van der Waals surface area contributed by atoms with Crippen LogP contribution in [0.1, 0.15) is 29.5 Å². The molecule has 3 nitrogen and oxygen atoms in total. The van der Waals surface area contributed by atoms with Gasteiger partial charge in [0.15, 0.2) is 0 Å². The zero-order chi connectivity index (χ0) is 15.8. The molecule has 0 radical (unpaired) electrons. The second-order valence-corrected chi connectivity index (χ2v) is 5.47. The van der Waals surface area contributed by atoms with Crippen molar-refractivity contribution in [3.8, 4) is 5.75 Å². The van der Waals surface area contributed by atoms with Crippen LogP contribution < -0.4 is 10.1 Å². The SMILES string of the molecule is Cc1ccc(OCCCC(=O)NCc2ccccc2C)cc1. The summed E-state index contributed by atoms with van der Waals surface area (Å²) in [5.41, 5.74) is 3.57. The van der Waals surface area contributed by atoms with E-state index in [1.807, 2.05) is 49.4 Å². The van der Waals surface area contributed by atoms with E-state index < -0.39 is 0 Å². The van der Waals surface area contributed by atoms with Gasteiger partial charge in [-0.2, -0.15) is 0 Å². The fourth-order valence-corrected chi connectivity index (χ4v) is 2.15. The van der Waals surface area contributed by atoms with E-state index in [1.54, 1.807) is 0 Å². The fourth-order valence-electron chi connectivity index (χ4n) is 2.15. The zero-order valence-corrected chi connectivity index (χ0v) is 13.3. The Hall–Kier alpha value is -2.29. The van der Waals surface area contributed by atoms with Gasteiger partial charge in [0, 0.05) is 13.0 Å². The molecule has 0 aromatic heterocycles. The van der Waals surface area contributed by atoms with Gasteiger partial charge >= 0.3 is 0 Å². The van der Waals surface area contributed by atoms with E-state index >= 15 is 0 Å². The lowest BCUT2D eigenvalue weighted by molar-refractivity contribution is -0.121. The van der Waals surface area contributed by atoms with Gasteiger partial charge in [0.1, 0.15) is 5.75 Å². The summed E-state index contributed by atoms with van der Waals surface area (Å²) in [6.45, 7) is 5.24. The monoisotopic (exact) mass is 297 g/mol. The van der Waals surface area contributed by atoms with Crippen molar-refractivity contribution in [3.63, 3.8) is 0 Å². The Kier molecular flexibility index (Phi) is 6.01. The first-order chi connectivity index (χ1) is 10.6. The maximum Gasteiger partial charge on any atom is 0.220 e. The standard InChI is InChI=1S/C19H23NO2/c1-15-9-11-18(12-10-15)22-13-5-8-19(21)20-14-17-7-4-3-6-16(17)2/h3-4,6-7,9-12H,5,8,13-14H2,1-2H3,(H,20,21). The zero-order valence-electron chi connectivity index (χ0n) is 13.3. The summed E-state index contributed by atoms with van der Waals surface area (Å²) in [6.07, 6.45) is 1.20. The lowest BCUT2D eigenvalue weighted by atomic mass is 10.1. The van der Waals surface area contributed by atoms with Gasteiger partial charge in [0.25, 0.3) is 0 Å². The van der Waals surface area contributed by atoms with Crippen LogP contribution >= 0.6 is 0 Å². The average molecular weight is 297 g/mol. The molecule has 2 aromatic rings. The molecule has 0 fully saturated rings. The maximum absolute atomic E-state index is 11.8. The molecule has 116 valence electrons. The van der Waals surface area contributed by atoms with Crippen LogP contribution in [0.25, 0.3) is 0 Å². The Balaban J connectivity index is 1.64. The Bertz CT molecular complexity index is 605. The van der Waals surface area contributed by atoms with Crippen molar-refractivity contribution in [1.29, 1.82) is 0 Å². The van der Waals surface area contributed by atoms with Crippen molar-refractivity contribution in [3.05, 3.63) is 65.2 Å². The third-order valence-corrected chi connectivity index (χ3v) is 3.58. The van der Waals surface area contributed by atoms with Crippen LogP contribution in [0.2, 0.25) is 0 Å². The van der Waals surface area contributed by atoms with Crippen molar-refractivity contribution in [1.82, 2.24) is 5.32 Å². The number of aryl methyl sites for hydroxylation is 2. The van der Waals surface area contributed by atoms with Crippen LogP contribution in [0.5, 0.6) is 5.75 Å². The number of ether oxygens (including phenoxy) is 1. The molecule has 0 aliphatic heterocycles. The number of nitrogens with one attached hydrogen (secondary N) is 1. The third-order valence-electron chi connectivity index (χ3n) is 3.58. The lowest BCUT2D eigenvalue weighted by Gasteiger charge is -2.09. The summed E-state index contributed by atoms with van der Waals surface area (Å²) in [5, 5.41) is 2.95. The van der Waals surface area contributed by atoms with Crippen molar-refractivity contribution < 1.29 is 9.53 Å². The summed E-state index contributed by atoms with van der Waals surface area (Å²) in [6, 6.07) is 16.0. The Morgan fingerprint density at radius 1 is 1.05 bits per heavy atom. The molecule has 1 amide bonds. The number of rotatable bonds is 7. The van der Waals surface area contributed by atoms with Crippen molar-refractivity contribution in [2.24, 2.45) is 0 Å². The topological polar surface area (TPSA) is 38.3 Å². The molecule has 0 unspecified atom stereocenters. The van der Waals surface area contributed by atoms with Crippen LogP contribution in [0.15, 0.2) is 48.5 Å². The molecular formula is C19H23NO2. The van der Waals surface area contributed by atoms with Crippen LogP contribution in [-0.2, 0) is 11.3 Å². The van der Waals surface area contributed by atoms with Gasteiger partial charge in [-0.1, -0.05) is 42.0 Å². The minimum absolute atomic E-state index is 0.0655. The number of carbonyl (C=O) groups is 1. The van der Waals surface area contributed by atoms with E-state index in [0.29, 0.717) is 26.0 Å². The van der Waals surface area contributed by atoms with Gasteiger partial charge in [0.05, 0.1) is 6.61 Å². The van der Waals surface area contributed by atoms with Gasteiger partial charge < -0.3 is 10.1 Å². The van der Waals surface area contributed by atoms with E-state index in [-0.39, 0.29) is 5.91 Å². The Morgan fingerprint density at radius 2 is 1.77 bits per heavy atom. The molecular weight excluding hydrogens is 274 g/mol. The second-order valence-electron chi connectivity index (χ2n) is 5.47. The normalized spacial score (nSPS) is 10.3. The van der Waals surface area contributed by atoms with E-state index in [0.717, 1.165) is 11.3 Å². The third kappa shape index (κ3) is 5.24. The first-order valence-electron chi connectivity index (χ1n) is 7.66. The van der Waals surface area contributed by atoms with Crippen LogP contribution in [0.3, 0.4) is 0 Å². The van der Waals surface area contributed by atoms with Crippen molar-refractivity contribution >= 4 is 5.91 Å². The molecule has 22 heavy (non-hydrogen) atoms. The van der Waals surface area contributed by atoms with Gasteiger partial charge in [0.2, 0.25) is 5.91 Å². The highest BCUT2D eigenvalue weighted by molar-refractivity contribution is 5.75. The molecule has 0 heterocycles. The average Bonchev–Trinajstić information content (AvgIpc) is 2.52. The first kappa shape index (κ1) is 16.1. The van der Waals surface area contributed by atoms with Gasteiger partial charge in [-0.3, -0.25) is 4.79 Å². The minimum atomic E-state index is 0.0655. The molecule has 2 aromatic carbocycles. The predicted octanol–water partition coefficient (Wildman–Crippen LogP) is 3.78. The molecule has 1 N–H and O–H groups in total. The summed E-state index contributed by atoms with van der Waals surface area (Å²) >= 11 is 0. The van der Waals surface area contributed by atoms with Gasteiger partial charge in [-0.25, -0.2) is 0 Å².